The third-order valence-electron chi connectivity index (χ3n) is 3.95. The zero-order valence-electron chi connectivity index (χ0n) is 12.2. The standard InChI is InChI=1S/C15H25N3O/c1-4-18-8-7-17(10-12(18)2)11-13-9-14(16)5-6-15(13)19-3/h5-6,9,12H,4,7-8,10-11,16H2,1-3H3. The summed E-state index contributed by atoms with van der Waals surface area (Å²) in [6, 6.07) is 6.48. The molecule has 1 atom stereocenters. The molecular formula is C15H25N3O. The Bertz CT molecular complexity index is 422. The Hall–Kier alpha value is -1.26. The van der Waals surface area contributed by atoms with Gasteiger partial charge in [-0.15, -0.1) is 0 Å². The maximum absolute atomic E-state index is 5.88. The lowest BCUT2D eigenvalue weighted by Gasteiger charge is -2.39. The van der Waals surface area contributed by atoms with Crippen LogP contribution in [0.5, 0.6) is 5.75 Å². The van der Waals surface area contributed by atoms with Gasteiger partial charge in [-0.1, -0.05) is 6.92 Å². The molecule has 0 aliphatic carbocycles. The normalized spacial score (nSPS) is 21.5. The number of anilines is 1. The Balaban J connectivity index is 2.04. The Morgan fingerprint density at radius 1 is 1.37 bits per heavy atom. The Labute approximate surface area is 116 Å². The van der Waals surface area contributed by atoms with Crippen molar-refractivity contribution in [3.05, 3.63) is 23.8 Å². The van der Waals surface area contributed by atoms with Crippen LogP contribution in [-0.2, 0) is 6.54 Å². The van der Waals surface area contributed by atoms with Crippen LogP contribution in [0.15, 0.2) is 18.2 Å². The molecule has 0 saturated carbocycles. The molecule has 0 aromatic heterocycles. The van der Waals surface area contributed by atoms with Crippen molar-refractivity contribution in [3.63, 3.8) is 0 Å². The molecule has 1 saturated heterocycles. The van der Waals surface area contributed by atoms with Gasteiger partial charge in [0.15, 0.2) is 0 Å². The summed E-state index contributed by atoms with van der Waals surface area (Å²) < 4.78 is 5.42. The number of rotatable bonds is 4. The minimum Gasteiger partial charge on any atom is -0.496 e. The molecule has 2 N–H and O–H groups in total. The molecule has 2 rings (SSSR count). The second kappa shape index (κ2) is 6.26. The Morgan fingerprint density at radius 2 is 2.16 bits per heavy atom. The minimum atomic E-state index is 0.616. The lowest BCUT2D eigenvalue weighted by atomic mass is 10.1. The third kappa shape index (κ3) is 3.39. The molecule has 1 fully saturated rings. The highest BCUT2D eigenvalue weighted by Crippen LogP contribution is 2.23. The summed E-state index contributed by atoms with van der Waals surface area (Å²) in [5, 5.41) is 0. The number of nitrogen functional groups attached to an aromatic ring is 1. The molecule has 1 aliphatic rings. The van der Waals surface area contributed by atoms with Gasteiger partial charge in [-0.2, -0.15) is 0 Å². The van der Waals surface area contributed by atoms with Crippen LogP contribution in [0.2, 0.25) is 0 Å². The summed E-state index contributed by atoms with van der Waals surface area (Å²) >= 11 is 0. The summed E-state index contributed by atoms with van der Waals surface area (Å²) in [7, 11) is 1.71. The fourth-order valence-corrected chi connectivity index (χ4v) is 2.85. The van der Waals surface area contributed by atoms with E-state index in [2.05, 4.69) is 23.6 Å². The van der Waals surface area contributed by atoms with E-state index in [1.807, 2.05) is 18.2 Å². The second-order valence-electron chi connectivity index (χ2n) is 5.28. The molecule has 1 aliphatic heterocycles. The van der Waals surface area contributed by atoms with E-state index in [4.69, 9.17) is 10.5 Å². The molecule has 0 amide bonds. The highest BCUT2D eigenvalue weighted by molar-refractivity contribution is 5.47. The van der Waals surface area contributed by atoms with Crippen LogP contribution in [0.3, 0.4) is 0 Å². The molecule has 1 unspecified atom stereocenters. The molecule has 0 radical (unpaired) electrons. The van der Waals surface area contributed by atoms with E-state index >= 15 is 0 Å². The van der Waals surface area contributed by atoms with Gasteiger partial charge in [-0.3, -0.25) is 9.80 Å². The Kier molecular flexibility index (Phi) is 4.66. The predicted molar refractivity (Wildman–Crippen MR) is 79.4 cm³/mol. The van der Waals surface area contributed by atoms with E-state index in [1.54, 1.807) is 7.11 Å². The van der Waals surface area contributed by atoms with Gasteiger partial charge in [-0.25, -0.2) is 0 Å². The van der Waals surface area contributed by atoms with E-state index in [0.29, 0.717) is 6.04 Å². The van der Waals surface area contributed by atoms with Gasteiger partial charge in [0.2, 0.25) is 0 Å². The number of ether oxygens (including phenoxy) is 1. The van der Waals surface area contributed by atoms with Crippen molar-refractivity contribution in [1.82, 2.24) is 9.80 Å². The van der Waals surface area contributed by atoms with Gasteiger partial charge >= 0.3 is 0 Å². The third-order valence-corrected chi connectivity index (χ3v) is 3.95. The quantitative estimate of drug-likeness (QED) is 0.841. The smallest absolute Gasteiger partial charge is 0.123 e. The number of nitrogens with two attached hydrogens (primary N) is 1. The lowest BCUT2D eigenvalue weighted by molar-refractivity contribution is 0.0829. The predicted octanol–water partition coefficient (Wildman–Crippen LogP) is 1.80. The van der Waals surface area contributed by atoms with Crippen molar-refractivity contribution in [2.24, 2.45) is 0 Å². The average molecular weight is 263 g/mol. The summed E-state index contributed by atoms with van der Waals surface area (Å²) in [5.74, 6) is 0.930. The molecule has 1 heterocycles. The molecular weight excluding hydrogens is 238 g/mol. The maximum atomic E-state index is 5.88. The Morgan fingerprint density at radius 3 is 2.79 bits per heavy atom. The average Bonchev–Trinajstić information content (AvgIpc) is 2.39. The number of hydrogen-bond acceptors (Lipinski definition) is 4. The molecule has 19 heavy (non-hydrogen) atoms. The van der Waals surface area contributed by atoms with Gasteiger partial charge < -0.3 is 10.5 Å². The van der Waals surface area contributed by atoms with Crippen molar-refractivity contribution in [2.75, 3.05) is 39.0 Å². The summed E-state index contributed by atoms with van der Waals surface area (Å²) in [4.78, 5) is 5.00. The number of likely N-dealkylation sites (N-methyl/N-ethyl adjacent to an activating group) is 1. The van der Waals surface area contributed by atoms with Crippen LogP contribution >= 0.6 is 0 Å². The molecule has 4 nitrogen and oxygen atoms in total. The van der Waals surface area contributed by atoms with E-state index in [1.165, 1.54) is 5.56 Å². The monoisotopic (exact) mass is 263 g/mol. The molecule has 1 aromatic rings. The molecule has 1 aromatic carbocycles. The van der Waals surface area contributed by atoms with Crippen LogP contribution in [-0.4, -0.2) is 49.1 Å². The molecule has 106 valence electrons. The van der Waals surface area contributed by atoms with Crippen molar-refractivity contribution >= 4 is 5.69 Å². The summed E-state index contributed by atoms with van der Waals surface area (Å²) in [6.45, 7) is 9.93. The number of hydrogen-bond donors (Lipinski definition) is 1. The number of nitrogens with zero attached hydrogens (tertiary/aromatic N) is 2. The summed E-state index contributed by atoms with van der Waals surface area (Å²) in [6.07, 6.45) is 0. The van der Waals surface area contributed by atoms with Crippen molar-refractivity contribution in [1.29, 1.82) is 0 Å². The van der Waals surface area contributed by atoms with Crippen LogP contribution in [0, 0.1) is 0 Å². The second-order valence-corrected chi connectivity index (χ2v) is 5.28. The van der Waals surface area contributed by atoms with Gasteiger partial charge in [0.05, 0.1) is 7.11 Å². The van der Waals surface area contributed by atoms with Gasteiger partial charge in [-0.05, 0) is 31.7 Å². The molecule has 4 heteroatoms. The first-order valence-corrected chi connectivity index (χ1v) is 7.02. The first kappa shape index (κ1) is 14.2. The van der Waals surface area contributed by atoms with Crippen molar-refractivity contribution in [3.8, 4) is 5.75 Å². The summed E-state index contributed by atoms with van der Waals surface area (Å²) in [5.41, 5.74) is 7.86. The number of methoxy groups -OCH3 is 1. The lowest BCUT2D eigenvalue weighted by Crippen LogP contribution is -2.51. The van der Waals surface area contributed by atoms with E-state index in [9.17, 15) is 0 Å². The van der Waals surface area contributed by atoms with Gasteiger partial charge in [0, 0.05) is 43.5 Å². The first-order chi connectivity index (χ1) is 9.13. The largest absolute Gasteiger partial charge is 0.496 e. The fraction of sp³-hybridized carbons (Fsp3) is 0.600. The van der Waals surface area contributed by atoms with Crippen LogP contribution < -0.4 is 10.5 Å². The minimum absolute atomic E-state index is 0.616. The van der Waals surface area contributed by atoms with Gasteiger partial charge in [0.25, 0.3) is 0 Å². The van der Waals surface area contributed by atoms with Gasteiger partial charge in [0.1, 0.15) is 5.75 Å². The van der Waals surface area contributed by atoms with E-state index < -0.39 is 0 Å². The van der Waals surface area contributed by atoms with Crippen LogP contribution in [0.4, 0.5) is 5.69 Å². The van der Waals surface area contributed by atoms with Crippen LogP contribution in [0.25, 0.3) is 0 Å². The fourth-order valence-electron chi connectivity index (χ4n) is 2.85. The van der Waals surface area contributed by atoms with Crippen molar-refractivity contribution < 1.29 is 4.74 Å². The van der Waals surface area contributed by atoms with Crippen molar-refractivity contribution in [2.45, 2.75) is 26.4 Å². The zero-order valence-corrected chi connectivity index (χ0v) is 12.2. The SMILES string of the molecule is CCN1CCN(Cc2cc(N)ccc2OC)CC1C. The zero-order chi connectivity index (χ0) is 13.8. The van der Waals surface area contributed by atoms with E-state index in [-0.39, 0.29) is 0 Å². The highest BCUT2D eigenvalue weighted by Gasteiger charge is 2.22. The number of piperazine rings is 1. The number of benzene rings is 1. The first-order valence-electron chi connectivity index (χ1n) is 7.02. The van der Waals surface area contributed by atoms with E-state index in [0.717, 1.165) is 44.2 Å². The maximum Gasteiger partial charge on any atom is 0.123 e. The molecule has 0 spiro atoms. The van der Waals surface area contributed by atoms with Crippen LogP contribution in [0.1, 0.15) is 19.4 Å². The topological polar surface area (TPSA) is 41.7 Å². The molecule has 0 bridgehead atoms. The highest BCUT2D eigenvalue weighted by atomic mass is 16.5.